The zero-order valence-electron chi connectivity index (χ0n) is 12.8. The summed E-state index contributed by atoms with van der Waals surface area (Å²) < 4.78 is 10.5. The number of Topliss-reactive ketones (excluding diaryl/α,β-unsaturated/α-hetero) is 1. The first-order valence-electron chi connectivity index (χ1n) is 6.66. The van der Waals surface area contributed by atoms with E-state index in [9.17, 15) is 4.79 Å². The van der Waals surface area contributed by atoms with Crippen molar-refractivity contribution in [2.45, 2.75) is 6.92 Å². The van der Waals surface area contributed by atoms with Crippen LogP contribution < -0.4 is 14.8 Å². The molecule has 0 bridgehead atoms. The van der Waals surface area contributed by atoms with Gasteiger partial charge in [-0.05, 0) is 13.0 Å². The van der Waals surface area contributed by atoms with Crippen LogP contribution in [-0.2, 0) is 0 Å². The second-order valence-corrected chi connectivity index (χ2v) is 5.37. The molecule has 0 saturated heterocycles. The van der Waals surface area contributed by atoms with Crippen molar-refractivity contribution in [2.75, 3.05) is 26.1 Å². The third kappa shape index (κ3) is 4.03. The van der Waals surface area contributed by atoms with Gasteiger partial charge in [-0.2, -0.15) is 0 Å². The number of aromatic nitrogens is 2. The number of ketones is 1. The number of benzene rings is 1. The van der Waals surface area contributed by atoms with Crippen molar-refractivity contribution in [3.05, 3.63) is 39.8 Å². The molecule has 0 aliphatic rings. The minimum atomic E-state index is -0.317. The molecule has 1 aromatic heterocycles. The van der Waals surface area contributed by atoms with Gasteiger partial charge in [0, 0.05) is 18.7 Å². The van der Waals surface area contributed by atoms with Gasteiger partial charge in [-0.3, -0.25) is 4.79 Å². The van der Waals surface area contributed by atoms with E-state index in [2.05, 4.69) is 15.3 Å². The van der Waals surface area contributed by atoms with E-state index in [0.29, 0.717) is 28.2 Å². The first kappa shape index (κ1) is 17.3. The van der Waals surface area contributed by atoms with Crippen LogP contribution in [0.15, 0.2) is 18.3 Å². The van der Waals surface area contributed by atoms with E-state index in [1.165, 1.54) is 25.4 Å². The Morgan fingerprint density at radius 2 is 2.00 bits per heavy atom. The van der Waals surface area contributed by atoms with Crippen LogP contribution in [0.4, 0.5) is 5.82 Å². The molecule has 0 aliphatic heterocycles. The molecule has 1 N–H and O–H groups in total. The van der Waals surface area contributed by atoms with Gasteiger partial charge in [0.05, 0.1) is 23.4 Å². The Morgan fingerprint density at radius 3 is 2.65 bits per heavy atom. The second-order valence-electron chi connectivity index (χ2n) is 4.56. The summed E-state index contributed by atoms with van der Waals surface area (Å²) in [5.74, 6) is 1.56. The number of hydrogen-bond acceptors (Lipinski definition) is 6. The van der Waals surface area contributed by atoms with Crippen LogP contribution in [0, 0.1) is 6.92 Å². The largest absolute Gasteiger partial charge is 0.495 e. The molecule has 0 saturated carbocycles. The van der Waals surface area contributed by atoms with Crippen molar-refractivity contribution in [3.63, 3.8) is 0 Å². The van der Waals surface area contributed by atoms with Gasteiger partial charge in [0.2, 0.25) is 5.78 Å². The minimum absolute atomic E-state index is 0.219. The highest BCUT2D eigenvalue weighted by atomic mass is 35.5. The number of nitrogens with zero attached hydrogens (tertiary/aromatic N) is 2. The van der Waals surface area contributed by atoms with Crippen molar-refractivity contribution >= 4 is 34.8 Å². The highest BCUT2D eigenvalue weighted by Crippen LogP contribution is 2.31. The SMILES string of the molecule is CNc1nc(C)ncc1OCC(=O)c1cc(Cl)c(OC)cc1Cl. The fourth-order valence-electron chi connectivity index (χ4n) is 1.86. The Morgan fingerprint density at radius 1 is 1.26 bits per heavy atom. The monoisotopic (exact) mass is 355 g/mol. The van der Waals surface area contributed by atoms with Crippen LogP contribution in [0.5, 0.6) is 11.5 Å². The number of halogens is 2. The lowest BCUT2D eigenvalue weighted by Crippen LogP contribution is -2.14. The average molecular weight is 356 g/mol. The van der Waals surface area contributed by atoms with Gasteiger partial charge >= 0.3 is 0 Å². The van der Waals surface area contributed by atoms with Crippen LogP contribution in [-0.4, -0.2) is 36.5 Å². The number of carbonyl (C=O) groups is 1. The van der Waals surface area contributed by atoms with Gasteiger partial charge in [-0.25, -0.2) is 9.97 Å². The molecular weight excluding hydrogens is 341 g/mol. The molecule has 0 amide bonds. The summed E-state index contributed by atoms with van der Waals surface area (Å²) in [5, 5.41) is 3.43. The Hall–Kier alpha value is -2.05. The summed E-state index contributed by atoms with van der Waals surface area (Å²) in [7, 11) is 3.18. The molecule has 1 heterocycles. The molecule has 2 aromatic rings. The summed E-state index contributed by atoms with van der Waals surface area (Å²) in [5.41, 5.74) is 0.261. The summed E-state index contributed by atoms with van der Waals surface area (Å²) >= 11 is 12.1. The van der Waals surface area contributed by atoms with Crippen molar-refractivity contribution in [1.82, 2.24) is 9.97 Å². The van der Waals surface area contributed by atoms with Gasteiger partial charge in [-0.15, -0.1) is 0 Å². The molecule has 0 aliphatic carbocycles. The number of ether oxygens (including phenoxy) is 2. The van der Waals surface area contributed by atoms with Gasteiger partial charge in [0.25, 0.3) is 0 Å². The number of hydrogen-bond donors (Lipinski definition) is 1. The van der Waals surface area contributed by atoms with Crippen LogP contribution >= 0.6 is 23.2 Å². The summed E-state index contributed by atoms with van der Waals surface area (Å²) in [6.07, 6.45) is 1.50. The molecule has 8 heteroatoms. The highest BCUT2D eigenvalue weighted by molar-refractivity contribution is 6.36. The lowest BCUT2D eigenvalue weighted by atomic mass is 10.1. The number of methoxy groups -OCH3 is 1. The average Bonchev–Trinajstić information content (AvgIpc) is 2.54. The molecule has 6 nitrogen and oxygen atoms in total. The van der Waals surface area contributed by atoms with Gasteiger partial charge < -0.3 is 14.8 Å². The number of anilines is 1. The summed E-state index contributed by atoms with van der Waals surface area (Å²) in [4.78, 5) is 20.5. The molecule has 0 atom stereocenters. The molecule has 23 heavy (non-hydrogen) atoms. The summed E-state index contributed by atoms with van der Waals surface area (Å²) in [6, 6.07) is 2.95. The van der Waals surface area contributed by atoms with E-state index >= 15 is 0 Å². The number of nitrogens with one attached hydrogen (secondary N) is 1. The van der Waals surface area contributed by atoms with E-state index < -0.39 is 0 Å². The maximum absolute atomic E-state index is 12.3. The van der Waals surface area contributed by atoms with Crippen LogP contribution in [0.1, 0.15) is 16.2 Å². The number of aryl methyl sites for hydroxylation is 1. The normalized spacial score (nSPS) is 10.3. The van der Waals surface area contributed by atoms with Gasteiger partial charge in [0.15, 0.2) is 18.2 Å². The molecule has 122 valence electrons. The smallest absolute Gasteiger partial charge is 0.201 e. The van der Waals surface area contributed by atoms with Crippen molar-refractivity contribution in [3.8, 4) is 11.5 Å². The third-order valence-electron chi connectivity index (χ3n) is 3.01. The second kappa shape index (κ2) is 7.48. The van der Waals surface area contributed by atoms with Crippen LogP contribution in [0.25, 0.3) is 0 Å². The molecule has 2 rings (SSSR count). The molecule has 0 fully saturated rings. The third-order valence-corrected chi connectivity index (χ3v) is 3.62. The predicted molar refractivity (Wildman–Crippen MR) is 89.2 cm³/mol. The molecule has 1 aromatic carbocycles. The quantitative estimate of drug-likeness (QED) is 0.800. The standard InChI is InChI=1S/C15H15Cl2N3O3/c1-8-19-6-14(15(18-2)20-8)23-7-12(21)9-4-11(17)13(22-3)5-10(9)16/h4-6H,7H2,1-3H3,(H,18,19,20). The lowest BCUT2D eigenvalue weighted by Gasteiger charge is -2.11. The summed E-state index contributed by atoms with van der Waals surface area (Å²) in [6.45, 7) is 1.54. The van der Waals surface area contributed by atoms with Crippen LogP contribution in [0.3, 0.4) is 0 Å². The number of rotatable bonds is 6. The topological polar surface area (TPSA) is 73.3 Å². The first-order valence-corrected chi connectivity index (χ1v) is 7.42. The fourth-order valence-corrected chi connectivity index (χ4v) is 2.36. The molecule has 0 unspecified atom stereocenters. The Balaban J connectivity index is 2.16. The van der Waals surface area contributed by atoms with Crippen molar-refractivity contribution in [1.29, 1.82) is 0 Å². The van der Waals surface area contributed by atoms with Crippen LogP contribution in [0.2, 0.25) is 10.0 Å². The maximum atomic E-state index is 12.3. The number of carbonyl (C=O) groups excluding carboxylic acids is 1. The zero-order chi connectivity index (χ0) is 17.0. The first-order chi connectivity index (χ1) is 11.0. The Labute approximate surface area is 143 Å². The molecule has 0 radical (unpaired) electrons. The molecule has 0 spiro atoms. The zero-order valence-corrected chi connectivity index (χ0v) is 14.3. The van der Waals surface area contributed by atoms with E-state index in [0.717, 1.165) is 0 Å². The minimum Gasteiger partial charge on any atom is -0.495 e. The van der Waals surface area contributed by atoms with E-state index in [-0.39, 0.29) is 23.0 Å². The van der Waals surface area contributed by atoms with Gasteiger partial charge in [-0.1, -0.05) is 23.2 Å². The lowest BCUT2D eigenvalue weighted by molar-refractivity contribution is 0.0921. The molecular formula is C15H15Cl2N3O3. The van der Waals surface area contributed by atoms with E-state index in [1.807, 2.05) is 0 Å². The Kier molecular flexibility index (Phi) is 5.63. The fraction of sp³-hybridized carbons (Fsp3) is 0.267. The van der Waals surface area contributed by atoms with E-state index in [1.54, 1.807) is 14.0 Å². The predicted octanol–water partition coefficient (Wildman–Crippen LogP) is 3.40. The van der Waals surface area contributed by atoms with Crippen molar-refractivity contribution < 1.29 is 14.3 Å². The van der Waals surface area contributed by atoms with Crippen molar-refractivity contribution in [2.24, 2.45) is 0 Å². The highest BCUT2D eigenvalue weighted by Gasteiger charge is 2.16. The van der Waals surface area contributed by atoms with Gasteiger partial charge in [0.1, 0.15) is 11.6 Å². The maximum Gasteiger partial charge on any atom is 0.201 e. The van der Waals surface area contributed by atoms with E-state index in [4.69, 9.17) is 32.7 Å². The Bertz CT molecular complexity index is 738.